The maximum absolute atomic E-state index is 12.1. The fourth-order valence-electron chi connectivity index (χ4n) is 1.70. The molecule has 0 unspecified atom stereocenters. The first-order valence-corrected chi connectivity index (χ1v) is 6.15. The predicted octanol–water partition coefficient (Wildman–Crippen LogP) is 1.15. The number of aromatic nitrogens is 3. The molecule has 0 radical (unpaired) electrons. The summed E-state index contributed by atoms with van der Waals surface area (Å²) in [7, 11) is 1.74. The van der Waals surface area contributed by atoms with Crippen molar-refractivity contribution in [2.45, 2.75) is 13.5 Å². The molecule has 2 rings (SSSR count). The molecule has 0 aliphatic carbocycles. The van der Waals surface area contributed by atoms with Crippen molar-refractivity contribution in [3.05, 3.63) is 35.7 Å². The molecule has 0 aliphatic heterocycles. The Morgan fingerprint density at radius 3 is 2.90 bits per heavy atom. The first-order chi connectivity index (χ1) is 9.61. The van der Waals surface area contributed by atoms with Crippen molar-refractivity contribution in [1.82, 2.24) is 15.0 Å². The number of aryl methyl sites for hydroxylation is 1. The summed E-state index contributed by atoms with van der Waals surface area (Å²) >= 11 is 0. The number of rotatable bonds is 5. The van der Waals surface area contributed by atoms with Gasteiger partial charge in [0.05, 0.1) is 18.5 Å². The van der Waals surface area contributed by atoms with Crippen LogP contribution in [0.5, 0.6) is 5.75 Å². The van der Waals surface area contributed by atoms with Gasteiger partial charge in [0.2, 0.25) is 0 Å². The van der Waals surface area contributed by atoms with E-state index in [4.69, 9.17) is 15.2 Å². The second-order valence-electron chi connectivity index (χ2n) is 4.12. The third-order valence-electron chi connectivity index (χ3n) is 2.56. The number of hydrogen-bond acceptors (Lipinski definition) is 6. The molecule has 0 amide bonds. The van der Waals surface area contributed by atoms with Crippen LogP contribution in [0.1, 0.15) is 23.0 Å². The Labute approximate surface area is 116 Å². The van der Waals surface area contributed by atoms with E-state index in [9.17, 15) is 4.79 Å². The number of carbonyl (C=O) groups is 1. The number of nitrogens with zero attached hydrogens (tertiary/aromatic N) is 3. The van der Waals surface area contributed by atoms with Crippen molar-refractivity contribution >= 4 is 11.7 Å². The van der Waals surface area contributed by atoms with Gasteiger partial charge in [0.1, 0.15) is 17.9 Å². The van der Waals surface area contributed by atoms with Crippen LogP contribution in [0.25, 0.3) is 0 Å². The molecule has 0 spiro atoms. The van der Waals surface area contributed by atoms with Gasteiger partial charge in [0, 0.05) is 7.05 Å². The van der Waals surface area contributed by atoms with Crippen molar-refractivity contribution in [3.8, 4) is 5.75 Å². The summed E-state index contributed by atoms with van der Waals surface area (Å²) in [5.41, 5.74) is 7.07. The SMILES string of the molecule is CCOc1c(N)cccc1C(=O)OCc1cn(C)nn1. The first-order valence-electron chi connectivity index (χ1n) is 6.15. The number of hydrogen-bond donors (Lipinski definition) is 1. The molecule has 0 fully saturated rings. The lowest BCUT2D eigenvalue weighted by Crippen LogP contribution is -2.10. The zero-order chi connectivity index (χ0) is 14.5. The fourth-order valence-corrected chi connectivity index (χ4v) is 1.70. The van der Waals surface area contributed by atoms with Crippen LogP contribution < -0.4 is 10.5 Å². The summed E-state index contributed by atoms with van der Waals surface area (Å²) in [6.45, 7) is 2.28. The van der Waals surface area contributed by atoms with Crippen LogP contribution in [0.4, 0.5) is 5.69 Å². The minimum absolute atomic E-state index is 0.0486. The van der Waals surface area contributed by atoms with Gasteiger partial charge in [0.15, 0.2) is 5.75 Å². The van der Waals surface area contributed by atoms with Gasteiger partial charge in [-0.1, -0.05) is 11.3 Å². The van der Waals surface area contributed by atoms with Crippen LogP contribution in [-0.4, -0.2) is 27.6 Å². The molecule has 1 aromatic heterocycles. The molecule has 106 valence electrons. The van der Waals surface area contributed by atoms with E-state index < -0.39 is 5.97 Å². The summed E-state index contributed by atoms with van der Waals surface area (Å²) < 4.78 is 12.1. The molecular formula is C13H16N4O3. The highest BCUT2D eigenvalue weighted by atomic mass is 16.5. The van der Waals surface area contributed by atoms with Crippen molar-refractivity contribution in [2.24, 2.45) is 7.05 Å². The van der Waals surface area contributed by atoms with E-state index in [0.29, 0.717) is 29.3 Å². The van der Waals surface area contributed by atoms with Crippen LogP contribution in [-0.2, 0) is 18.4 Å². The van der Waals surface area contributed by atoms with Crippen molar-refractivity contribution < 1.29 is 14.3 Å². The van der Waals surface area contributed by atoms with Crippen molar-refractivity contribution in [2.75, 3.05) is 12.3 Å². The van der Waals surface area contributed by atoms with Crippen LogP contribution in [0.3, 0.4) is 0 Å². The van der Waals surface area contributed by atoms with Gasteiger partial charge in [0.25, 0.3) is 0 Å². The standard InChI is InChI=1S/C13H16N4O3/c1-3-19-12-10(5-4-6-11(12)14)13(18)20-8-9-7-17(2)16-15-9/h4-7H,3,8,14H2,1-2H3. The Morgan fingerprint density at radius 2 is 2.25 bits per heavy atom. The molecule has 20 heavy (non-hydrogen) atoms. The zero-order valence-corrected chi connectivity index (χ0v) is 11.4. The van der Waals surface area contributed by atoms with Crippen molar-refractivity contribution in [3.63, 3.8) is 0 Å². The maximum Gasteiger partial charge on any atom is 0.342 e. The first kappa shape index (κ1) is 13.9. The van der Waals surface area contributed by atoms with Gasteiger partial charge in [-0.2, -0.15) is 0 Å². The lowest BCUT2D eigenvalue weighted by molar-refractivity contribution is 0.0463. The normalized spacial score (nSPS) is 10.3. The average Bonchev–Trinajstić information content (AvgIpc) is 2.84. The number of nitrogens with two attached hydrogens (primary N) is 1. The molecule has 0 saturated carbocycles. The van der Waals surface area contributed by atoms with Gasteiger partial charge < -0.3 is 15.2 Å². The van der Waals surface area contributed by atoms with Crippen LogP contribution >= 0.6 is 0 Å². The molecule has 7 nitrogen and oxygen atoms in total. The number of ether oxygens (including phenoxy) is 2. The van der Waals surface area contributed by atoms with E-state index >= 15 is 0 Å². The highest BCUT2D eigenvalue weighted by Crippen LogP contribution is 2.27. The Balaban J connectivity index is 2.10. The number of carbonyl (C=O) groups excluding carboxylic acids is 1. The summed E-state index contributed by atoms with van der Waals surface area (Å²) in [5, 5.41) is 7.60. The van der Waals surface area contributed by atoms with E-state index in [-0.39, 0.29) is 6.61 Å². The maximum atomic E-state index is 12.1. The molecule has 2 aromatic rings. The lowest BCUT2D eigenvalue weighted by Gasteiger charge is -2.11. The van der Waals surface area contributed by atoms with Gasteiger partial charge in [-0.05, 0) is 19.1 Å². The third-order valence-corrected chi connectivity index (χ3v) is 2.56. The van der Waals surface area contributed by atoms with E-state index in [1.165, 1.54) is 4.68 Å². The quantitative estimate of drug-likeness (QED) is 0.650. The van der Waals surface area contributed by atoms with Gasteiger partial charge in [-0.25, -0.2) is 4.79 Å². The summed E-state index contributed by atoms with van der Waals surface area (Å²) in [6.07, 6.45) is 1.68. The highest BCUT2D eigenvalue weighted by Gasteiger charge is 2.16. The molecule has 7 heteroatoms. The Hall–Kier alpha value is -2.57. The molecule has 1 aromatic carbocycles. The molecule has 0 atom stereocenters. The number of esters is 1. The average molecular weight is 276 g/mol. The molecular weight excluding hydrogens is 260 g/mol. The van der Waals surface area contributed by atoms with Crippen LogP contribution in [0.15, 0.2) is 24.4 Å². The highest BCUT2D eigenvalue weighted by molar-refractivity contribution is 5.94. The van der Waals surface area contributed by atoms with Gasteiger partial charge >= 0.3 is 5.97 Å². The summed E-state index contributed by atoms with van der Waals surface area (Å²) in [4.78, 5) is 12.1. The van der Waals surface area contributed by atoms with E-state index in [1.54, 1.807) is 31.4 Å². The number of anilines is 1. The van der Waals surface area contributed by atoms with E-state index in [2.05, 4.69) is 10.3 Å². The third kappa shape index (κ3) is 3.05. The van der Waals surface area contributed by atoms with Crippen LogP contribution in [0, 0.1) is 0 Å². The number of para-hydroxylation sites is 1. The summed E-state index contributed by atoms with van der Waals surface area (Å²) in [5.74, 6) is -0.162. The minimum Gasteiger partial charge on any atom is -0.491 e. The second-order valence-corrected chi connectivity index (χ2v) is 4.12. The topological polar surface area (TPSA) is 92.3 Å². The van der Waals surface area contributed by atoms with Crippen molar-refractivity contribution in [1.29, 1.82) is 0 Å². The van der Waals surface area contributed by atoms with Crippen LogP contribution in [0.2, 0.25) is 0 Å². The molecule has 0 aliphatic rings. The smallest absolute Gasteiger partial charge is 0.342 e. The zero-order valence-electron chi connectivity index (χ0n) is 11.4. The Morgan fingerprint density at radius 1 is 1.45 bits per heavy atom. The molecule has 1 heterocycles. The monoisotopic (exact) mass is 276 g/mol. The van der Waals surface area contributed by atoms with Gasteiger partial charge in [-0.15, -0.1) is 5.10 Å². The molecule has 0 saturated heterocycles. The number of nitrogen functional groups attached to an aromatic ring is 1. The molecule has 2 N–H and O–H groups in total. The Bertz CT molecular complexity index is 609. The summed E-state index contributed by atoms with van der Waals surface area (Å²) in [6, 6.07) is 4.96. The second kappa shape index (κ2) is 6.05. The number of benzene rings is 1. The van der Waals surface area contributed by atoms with E-state index in [0.717, 1.165) is 0 Å². The largest absolute Gasteiger partial charge is 0.491 e. The van der Waals surface area contributed by atoms with Gasteiger partial charge in [-0.3, -0.25) is 4.68 Å². The Kier molecular flexibility index (Phi) is 4.19. The van der Waals surface area contributed by atoms with E-state index in [1.807, 2.05) is 6.92 Å². The molecule has 0 bridgehead atoms. The fraction of sp³-hybridized carbons (Fsp3) is 0.308. The lowest BCUT2D eigenvalue weighted by atomic mass is 10.1. The minimum atomic E-state index is -0.508. The predicted molar refractivity (Wildman–Crippen MR) is 72.1 cm³/mol.